The largest absolute Gasteiger partial charge is 0.398 e. The fourth-order valence-electron chi connectivity index (χ4n) is 2.29. The van der Waals surface area contributed by atoms with E-state index in [2.05, 4.69) is 4.98 Å². The number of hydrogen-bond acceptors (Lipinski definition) is 2. The number of pyridine rings is 1. The highest BCUT2D eigenvalue weighted by atomic mass is 35.5. The molecule has 0 aliphatic heterocycles. The molecular formula is C16H12ClFN2. The van der Waals surface area contributed by atoms with Crippen molar-refractivity contribution in [1.82, 2.24) is 4.98 Å². The molecule has 0 fully saturated rings. The number of hydrogen-bond donors (Lipinski definition) is 1. The molecule has 100 valence electrons. The molecule has 0 spiro atoms. The molecule has 0 atom stereocenters. The highest BCUT2D eigenvalue weighted by molar-refractivity contribution is 6.35. The minimum Gasteiger partial charge on any atom is -0.398 e. The van der Waals surface area contributed by atoms with Gasteiger partial charge in [0.2, 0.25) is 0 Å². The van der Waals surface area contributed by atoms with Gasteiger partial charge in [0.15, 0.2) is 0 Å². The van der Waals surface area contributed by atoms with E-state index in [1.54, 1.807) is 0 Å². The second kappa shape index (κ2) is 4.76. The number of nitrogens with zero attached hydrogens (tertiary/aromatic N) is 1. The third kappa shape index (κ3) is 2.00. The average Bonchev–Trinajstić information content (AvgIpc) is 2.44. The summed E-state index contributed by atoms with van der Waals surface area (Å²) in [5.74, 6) is -0.414. The maximum absolute atomic E-state index is 13.5. The molecule has 3 aromatic rings. The lowest BCUT2D eigenvalue weighted by atomic mass is 10.0. The summed E-state index contributed by atoms with van der Waals surface area (Å²) in [6, 6.07) is 12.3. The lowest BCUT2D eigenvalue weighted by Crippen LogP contribution is -1.99. The molecule has 0 aliphatic rings. The predicted molar refractivity (Wildman–Crippen MR) is 81.3 cm³/mol. The van der Waals surface area contributed by atoms with E-state index in [0.29, 0.717) is 16.6 Å². The normalized spacial score (nSPS) is 10.9. The molecule has 2 N–H and O–H groups in total. The highest BCUT2D eigenvalue weighted by Crippen LogP contribution is 2.34. The van der Waals surface area contributed by atoms with Crippen molar-refractivity contribution in [3.63, 3.8) is 0 Å². The van der Waals surface area contributed by atoms with Crippen molar-refractivity contribution >= 4 is 28.2 Å². The summed E-state index contributed by atoms with van der Waals surface area (Å²) in [6.45, 7) is 1.88. The molecule has 0 saturated carbocycles. The Balaban J connectivity index is 2.39. The van der Waals surface area contributed by atoms with Gasteiger partial charge in [0, 0.05) is 16.6 Å². The summed E-state index contributed by atoms with van der Waals surface area (Å²) >= 11 is 6.09. The zero-order chi connectivity index (χ0) is 14.3. The molecule has 0 radical (unpaired) electrons. The van der Waals surface area contributed by atoms with E-state index < -0.39 is 5.82 Å². The first kappa shape index (κ1) is 12.9. The molecule has 3 rings (SSSR count). The van der Waals surface area contributed by atoms with Crippen molar-refractivity contribution in [2.45, 2.75) is 6.92 Å². The number of aromatic nitrogens is 1. The summed E-state index contributed by atoms with van der Waals surface area (Å²) in [4.78, 5) is 4.57. The molecule has 1 aromatic heterocycles. The highest BCUT2D eigenvalue weighted by Gasteiger charge is 2.14. The average molecular weight is 287 g/mol. The smallest absolute Gasteiger partial charge is 0.125 e. The fourth-order valence-corrected chi connectivity index (χ4v) is 2.54. The van der Waals surface area contributed by atoms with Crippen LogP contribution in [-0.2, 0) is 0 Å². The summed E-state index contributed by atoms with van der Waals surface area (Å²) in [6.07, 6.45) is 0. The molecule has 0 unspecified atom stereocenters. The Kier molecular flexibility index (Phi) is 3.07. The Morgan fingerprint density at radius 3 is 2.55 bits per heavy atom. The van der Waals surface area contributed by atoms with Gasteiger partial charge >= 0.3 is 0 Å². The van der Waals surface area contributed by atoms with Crippen LogP contribution in [0.5, 0.6) is 0 Å². The van der Waals surface area contributed by atoms with Gasteiger partial charge in [-0.1, -0.05) is 41.9 Å². The maximum atomic E-state index is 13.5. The van der Waals surface area contributed by atoms with E-state index in [-0.39, 0.29) is 5.02 Å². The second-order valence-electron chi connectivity index (χ2n) is 4.65. The van der Waals surface area contributed by atoms with Gasteiger partial charge in [-0.2, -0.15) is 0 Å². The van der Waals surface area contributed by atoms with E-state index in [1.807, 2.05) is 37.3 Å². The maximum Gasteiger partial charge on any atom is 0.125 e. The number of nitrogen functional groups attached to an aromatic ring is 1. The van der Waals surface area contributed by atoms with Crippen LogP contribution in [0, 0.1) is 12.7 Å². The lowest BCUT2D eigenvalue weighted by Gasteiger charge is -2.12. The quantitative estimate of drug-likeness (QED) is 0.711. The standard InChI is InChI=1S/C16H12ClFN2/c1-9-14(19)12-7-11(18)8-13(17)16(12)20-15(9)10-5-3-2-4-6-10/h2-8H,1H3,(H2,19,20). The molecule has 0 bridgehead atoms. The molecule has 20 heavy (non-hydrogen) atoms. The minimum absolute atomic E-state index is 0.267. The topological polar surface area (TPSA) is 38.9 Å². The van der Waals surface area contributed by atoms with Gasteiger partial charge in [-0.25, -0.2) is 9.37 Å². The molecule has 0 saturated heterocycles. The fraction of sp³-hybridized carbons (Fsp3) is 0.0625. The first-order valence-electron chi connectivity index (χ1n) is 6.18. The van der Waals surface area contributed by atoms with Crippen LogP contribution in [0.1, 0.15) is 5.56 Å². The summed E-state index contributed by atoms with van der Waals surface area (Å²) in [5.41, 5.74) is 9.71. The van der Waals surface area contributed by atoms with Crippen LogP contribution in [0.3, 0.4) is 0 Å². The van der Waals surface area contributed by atoms with Crippen LogP contribution in [0.25, 0.3) is 22.2 Å². The van der Waals surface area contributed by atoms with E-state index in [0.717, 1.165) is 16.8 Å². The first-order valence-corrected chi connectivity index (χ1v) is 6.56. The van der Waals surface area contributed by atoms with Gasteiger partial charge in [-0.15, -0.1) is 0 Å². The van der Waals surface area contributed by atoms with Crippen molar-refractivity contribution in [2.24, 2.45) is 0 Å². The minimum atomic E-state index is -0.414. The van der Waals surface area contributed by atoms with Gasteiger partial charge in [0.25, 0.3) is 0 Å². The van der Waals surface area contributed by atoms with Crippen molar-refractivity contribution in [2.75, 3.05) is 5.73 Å². The van der Waals surface area contributed by atoms with Crippen LogP contribution in [0.4, 0.5) is 10.1 Å². The van der Waals surface area contributed by atoms with Gasteiger partial charge in [-0.3, -0.25) is 0 Å². The van der Waals surface area contributed by atoms with Crippen LogP contribution in [0.2, 0.25) is 5.02 Å². The van der Waals surface area contributed by atoms with E-state index >= 15 is 0 Å². The van der Waals surface area contributed by atoms with E-state index in [1.165, 1.54) is 12.1 Å². The first-order chi connectivity index (χ1) is 9.58. The molecule has 4 heteroatoms. The van der Waals surface area contributed by atoms with Crippen LogP contribution < -0.4 is 5.73 Å². The molecule has 2 aromatic carbocycles. The Labute approximate surface area is 121 Å². The summed E-state index contributed by atoms with van der Waals surface area (Å²) in [7, 11) is 0. The monoisotopic (exact) mass is 286 g/mol. The lowest BCUT2D eigenvalue weighted by molar-refractivity contribution is 0.629. The Hall–Kier alpha value is -2.13. The van der Waals surface area contributed by atoms with E-state index in [9.17, 15) is 4.39 Å². The third-order valence-electron chi connectivity index (χ3n) is 3.35. The number of fused-ring (bicyclic) bond motifs is 1. The van der Waals surface area contributed by atoms with Gasteiger partial charge in [0.05, 0.1) is 16.2 Å². The van der Waals surface area contributed by atoms with Gasteiger partial charge in [0.1, 0.15) is 5.82 Å². The Bertz CT molecular complexity index is 801. The second-order valence-corrected chi connectivity index (χ2v) is 5.06. The van der Waals surface area contributed by atoms with Gasteiger partial charge in [-0.05, 0) is 24.6 Å². The summed E-state index contributed by atoms with van der Waals surface area (Å²) in [5, 5.41) is 0.816. The summed E-state index contributed by atoms with van der Waals surface area (Å²) < 4.78 is 13.5. The third-order valence-corrected chi connectivity index (χ3v) is 3.64. The molecule has 0 aliphatic carbocycles. The SMILES string of the molecule is Cc1c(-c2ccccc2)nc2c(Cl)cc(F)cc2c1N. The zero-order valence-electron chi connectivity index (χ0n) is 10.8. The van der Waals surface area contributed by atoms with Crippen molar-refractivity contribution in [1.29, 1.82) is 0 Å². The number of benzene rings is 2. The number of rotatable bonds is 1. The molecule has 0 amide bonds. The Morgan fingerprint density at radius 1 is 1.15 bits per heavy atom. The van der Waals surface area contributed by atoms with Crippen molar-refractivity contribution in [3.8, 4) is 11.3 Å². The predicted octanol–water partition coefficient (Wildman–Crippen LogP) is 4.58. The zero-order valence-corrected chi connectivity index (χ0v) is 11.6. The van der Waals surface area contributed by atoms with Crippen LogP contribution in [0.15, 0.2) is 42.5 Å². The number of anilines is 1. The molecule has 1 heterocycles. The van der Waals surface area contributed by atoms with E-state index in [4.69, 9.17) is 17.3 Å². The molecular weight excluding hydrogens is 275 g/mol. The van der Waals surface area contributed by atoms with Gasteiger partial charge < -0.3 is 5.73 Å². The van der Waals surface area contributed by atoms with Crippen LogP contribution in [-0.4, -0.2) is 4.98 Å². The number of nitrogens with two attached hydrogens (primary N) is 1. The molecule has 2 nitrogen and oxygen atoms in total. The Morgan fingerprint density at radius 2 is 1.85 bits per heavy atom. The van der Waals surface area contributed by atoms with Crippen LogP contribution >= 0.6 is 11.6 Å². The number of halogens is 2. The van der Waals surface area contributed by atoms with Crippen molar-refractivity contribution in [3.05, 3.63) is 58.9 Å². The van der Waals surface area contributed by atoms with Crippen molar-refractivity contribution < 1.29 is 4.39 Å².